The minimum absolute atomic E-state index is 0.0401. The second-order valence-electron chi connectivity index (χ2n) is 4.03. The van der Waals surface area contributed by atoms with Gasteiger partial charge in [0, 0.05) is 13.5 Å². The predicted octanol–water partition coefficient (Wildman–Crippen LogP) is 1.01. The van der Waals surface area contributed by atoms with Crippen molar-refractivity contribution >= 4 is 5.91 Å². The molecule has 0 N–H and O–H groups in total. The van der Waals surface area contributed by atoms with Crippen LogP contribution in [0.15, 0.2) is 12.4 Å². The molecule has 1 saturated heterocycles. The summed E-state index contributed by atoms with van der Waals surface area (Å²) in [6, 6.07) is 0.154. The van der Waals surface area contributed by atoms with Gasteiger partial charge >= 0.3 is 6.01 Å². The van der Waals surface area contributed by atoms with Crippen molar-refractivity contribution in [2.75, 3.05) is 13.1 Å². The Hall–Kier alpha value is -1.72. The van der Waals surface area contributed by atoms with Crippen molar-refractivity contribution in [3.8, 4) is 6.01 Å². The molecule has 0 spiro atoms. The fourth-order valence-electron chi connectivity index (χ4n) is 1.83. The van der Waals surface area contributed by atoms with Crippen LogP contribution >= 0.6 is 0 Å². The van der Waals surface area contributed by atoms with Gasteiger partial charge in [0.05, 0.1) is 18.9 Å². The zero-order chi connectivity index (χ0) is 12.3. The summed E-state index contributed by atoms with van der Waals surface area (Å²) >= 11 is 0. The van der Waals surface area contributed by atoms with Crippen LogP contribution in [0, 0.1) is 5.82 Å². The first kappa shape index (κ1) is 11.8. The Morgan fingerprint density at radius 3 is 2.88 bits per heavy atom. The summed E-state index contributed by atoms with van der Waals surface area (Å²) < 4.78 is 18.1. The quantitative estimate of drug-likeness (QED) is 0.772. The van der Waals surface area contributed by atoms with Crippen LogP contribution in [-0.4, -0.2) is 40.0 Å². The average Bonchev–Trinajstić information content (AvgIpc) is 2.32. The number of hydrogen-bond acceptors (Lipinski definition) is 4. The number of rotatable bonds is 2. The van der Waals surface area contributed by atoms with Gasteiger partial charge in [-0.25, -0.2) is 14.4 Å². The Kier molecular flexibility index (Phi) is 3.51. The van der Waals surface area contributed by atoms with Gasteiger partial charge in [0.25, 0.3) is 0 Å². The van der Waals surface area contributed by atoms with Crippen LogP contribution in [0.1, 0.15) is 19.8 Å². The van der Waals surface area contributed by atoms with Gasteiger partial charge < -0.3 is 9.64 Å². The highest BCUT2D eigenvalue weighted by molar-refractivity contribution is 5.73. The zero-order valence-electron chi connectivity index (χ0n) is 9.60. The molecule has 1 aromatic heterocycles. The van der Waals surface area contributed by atoms with Crippen molar-refractivity contribution in [3.05, 3.63) is 18.2 Å². The van der Waals surface area contributed by atoms with E-state index in [0.717, 1.165) is 31.8 Å². The number of carbonyl (C=O) groups is 1. The molecule has 0 radical (unpaired) electrons. The van der Waals surface area contributed by atoms with E-state index in [4.69, 9.17) is 4.74 Å². The van der Waals surface area contributed by atoms with Crippen LogP contribution in [0.3, 0.4) is 0 Å². The maximum Gasteiger partial charge on any atom is 0.316 e. The molecule has 1 aromatic rings. The number of likely N-dealkylation sites (tertiary alicyclic amines) is 1. The number of hydrogen-bond donors (Lipinski definition) is 0. The van der Waals surface area contributed by atoms with Crippen molar-refractivity contribution in [3.63, 3.8) is 0 Å². The van der Waals surface area contributed by atoms with Gasteiger partial charge in [0.15, 0.2) is 5.82 Å². The Balaban J connectivity index is 1.94. The predicted molar refractivity (Wildman–Crippen MR) is 57.9 cm³/mol. The summed E-state index contributed by atoms with van der Waals surface area (Å²) in [6.45, 7) is 2.84. The highest BCUT2D eigenvalue weighted by Crippen LogP contribution is 2.15. The fraction of sp³-hybridized carbons (Fsp3) is 0.545. The van der Waals surface area contributed by atoms with Crippen LogP contribution in [0.4, 0.5) is 4.39 Å². The highest BCUT2D eigenvalue weighted by Gasteiger charge is 2.23. The summed E-state index contributed by atoms with van der Waals surface area (Å²) in [4.78, 5) is 20.4. The van der Waals surface area contributed by atoms with Crippen molar-refractivity contribution in [1.82, 2.24) is 14.9 Å². The van der Waals surface area contributed by atoms with E-state index in [1.54, 1.807) is 4.90 Å². The maximum atomic E-state index is 12.6. The Morgan fingerprint density at radius 2 is 2.24 bits per heavy atom. The molecule has 1 atom stereocenters. The first-order valence-electron chi connectivity index (χ1n) is 5.55. The smallest absolute Gasteiger partial charge is 0.316 e. The summed E-state index contributed by atoms with van der Waals surface area (Å²) in [5.41, 5.74) is 0. The van der Waals surface area contributed by atoms with Crippen molar-refractivity contribution < 1.29 is 13.9 Å². The molecular formula is C11H14FN3O2. The Bertz CT molecular complexity index is 396. The minimum Gasteiger partial charge on any atom is -0.458 e. The molecule has 0 aromatic carbocycles. The van der Waals surface area contributed by atoms with Crippen LogP contribution in [-0.2, 0) is 4.79 Å². The number of halogens is 1. The van der Waals surface area contributed by atoms with Crippen molar-refractivity contribution in [2.45, 2.75) is 25.9 Å². The van der Waals surface area contributed by atoms with Crippen LogP contribution in [0.2, 0.25) is 0 Å². The highest BCUT2D eigenvalue weighted by atomic mass is 19.1. The number of piperidine rings is 1. The largest absolute Gasteiger partial charge is 0.458 e. The van der Waals surface area contributed by atoms with Gasteiger partial charge in [0.1, 0.15) is 6.10 Å². The standard InChI is InChI=1S/C11H14FN3O2/c1-8(16)15-4-2-3-10(7-15)17-11-13-5-9(12)6-14-11/h5-6,10H,2-4,7H2,1H3. The van der Waals surface area contributed by atoms with E-state index < -0.39 is 5.82 Å². The second-order valence-corrected chi connectivity index (χ2v) is 4.03. The van der Waals surface area contributed by atoms with Gasteiger partial charge in [-0.15, -0.1) is 0 Å². The molecule has 2 heterocycles. The van der Waals surface area contributed by atoms with Crippen LogP contribution < -0.4 is 4.74 Å². The lowest BCUT2D eigenvalue weighted by molar-refractivity contribution is -0.131. The number of nitrogens with zero attached hydrogens (tertiary/aromatic N) is 3. The second kappa shape index (κ2) is 5.07. The lowest BCUT2D eigenvalue weighted by Gasteiger charge is -2.31. The molecule has 1 aliphatic rings. The van der Waals surface area contributed by atoms with E-state index in [9.17, 15) is 9.18 Å². The SMILES string of the molecule is CC(=O)N1CCCC(Oc2ncc(F)cn2)C1. The van der Waals surface area contributed by atoms with Gasteiger partial charge in [0.2, 0.25) is 5.91 Å². The molecule has 1 amide bonds. The fourth-order valence-corrected chi connectivity index (χ4v) is 1.83. The zero-order valence-corrected chi connectivity index (χ0v) is 9.60. The normalized spacial score (nSPS) is 20.1. The van der Waals surface area contributed by atoms with E-state index in [1.165, 1.54) is 6.92 Å². The monoisotopic (exact) mass is 239 g/mol. The molecule has 17 heavy (non-hydrogen) atoms. The van der Waals surface area contributed by atoms with Gasteiger partial charge in [-0.2, -0.15) is 0 Å². The lowest BCUT2D eigenvalue weighted by atomic mass is 10.1. The number of amides is 1. The van der Waals surface area contributed by atoms with Crippen LogP contribution in [0.5, 0.6) is 6.01 Å². The maximum absolute atomic E-state index is 12.6. The Labute approximate surface area is 98.6 Å². The molecular weight excluding hydrogens is 225 g/mol. The minimum atomic E-state index is -0.494. The van der Waals surface area contributed by atoms with Crippen molar-refractivity contribution in [2.24, 2.45) is 0 Å². The molecule has 92 valence electrons. The topological polar surface area (TPSA) is 55.3 Å². The number of carbonyl (C=O) groups excluding carboxylic acids is 1. The van der Waals surface area contributed by atoms with Crippen LogP contribution in [0.25, 0.3) is 0 Å². The third-order valence-electron chi connectivity index (χ3n) is 2.69. The lowest BCUT2D eigenvalue weighted by Crippen LogP contribution is -2.43. The molecule has 0 aliphatic carbocycles. The van der Waals surface area contributed by atoms with Gasteiger partial charge in [-0.3, -0.25) is 4.79 Å². The average molecular weight is 239 g/mol. The van der Waals surface area contributed by atoms with Crippen molar-refractivity contribution in [1.29, 1.82) is 0 Å². The van der Waals surface area contributed by atoms with E-state index >= 15 is 0 Å². The molecule has 1 aliphatic heterocycles. The molecule has 1 unspecified atom stereocenters. The number of aromatic nitrogens is 2. The molecule has 0 bridgehead atoms. The summed E-state index contributed by atoms with van der Waals surface area (Å²) in [5.74, 6) is -0.454. The molecule has 2 rings (SSSR count). The molecule has 5 nitrogen and oxygen atoms in total. The molecule has 6 heteroatoms. The van der Waals surface area contributed by atoms with E-state index in [2.05, 4.69) is 9.97 Å². The third-order valence-corrected chi connectivity index (χ3v) is 2.69. The third kappa shape index (κ3) is 3.12. The van der Waals surface area contributed by atoms with Gasteiger partial charge in [-0.05, 0) is 12.8 Å². The van der Waals surface area contributed by atoms with E-state index in [-0.39, 0.29) is 18.0 Å². The first-order valence-corrected chi connectivity index (χ1v) is 5.55. The van der Waals surface area contributed by atoms with E-state index in [1.807, 2.05) is 0 Å². The summed E-state index contributed by atoms with van der Waals surface area (Å²) in [7, 11) is 0. The molecule has 1 fully saturated rings. The Morgan fingerprint density at radius 1 is 1.53 bits per heavy atom. The summed E-state index contributed by atoms with van der Waals surface area (Å²) in [6.07, 6.45) is 3.76. The van der Waals surface area contributed by atoms with E-state index in [0.29, 0.717) is 6.54 Å². The molecule has 0 saturated carbocycles. The first-order chi connectivity index (χ1) is 8.15. The van der Waals surface area contributed by atoms with Gasteiger partial charge in [-0.1, -0.05) is 0 Å². The summed E-state index contributed by atoms with van der Waals surface area (Å²) in [5, 5.41) is 0. The number of ether oxygens (including phenoxy) is 1.